The number of methoxy groups -OCH3 is 1. The number of ether oxygens (including phenoxy) is 1. The maximum absolute atomic E-state index is 13.3. The van der Waals surface area contributed by atoms with E-state index in [-0.39, 0.29) is 11.8 Å². The minimum Gasteiger partial charge on any atom is -0.496 e. The van der Waals surface area contributed by atoms with Gasteiger partial charge >= 0.3 is 0 Å². The molecule has 3 aromatic carbocycles. The lowest BCUT2D eigenvalue weighted by molar-refractivity contribution is -0.128. The zero-order chi connectivity index (χ0) is 25.1. The van der Waals surface area contributed by atoms with Crippen molar-refractivity contribution in [3.05, 3.63) is 95.6 Å². The van der Waals surface area contributed by atoms with E-state index < -0.39 is 0 Å². The van der Waals surface area contributed by atoms with Gasteiger partial charge in [-0.25, -0.2) is 4.68 Å². The van der Waals surface area contributed by atoms with Gasteiger partial charge in [0.2, 0.25) is 5.91 Å². The average molecular weight is 481 g/mol. The second-order valence-corrected chi connectivity index (χ2v) is 8.94. The Bertz CT molecular complexity index is 1410. The molecule has 2 amide bonds. The van der Waals surface area contributed by atoms with Crippen molar-refractivity contribution in [2.45, 2.75) is 26.3 Å². The minimum atomic E-state index is -0.246. The summed E-state index contributed by atoms with van der Waals surface area (Å²) in [6, 6.07) is 24.9. The van der Waals surface area contributed by atoms with E-state index >= 15 is 0 Å². The molecule has 5 rings (SSSR count). The standard InChI is InChI=1S/C29H28N4O3/c1-20-12-14-23(15-13-20)33-27(18-25(31-33)24-9-3-4-10-26(24)36-2)30-29(35)22-8-5-7-21(17-22)19-32-16-6-11-28(32)34/h3-5,7-10,12-15,17-18H,6,11,16,19H2,1-2H3,(H,30,35). The monoisotopic (exact) mass is 480 g/mol. The highest BCUT2D eigenvalue weighted by atomic mass is 16.5. The van der Waals surface area contributed by atoms with Gasteiger partial charge in [0.15, 0.2) is 0 Å². The van der Waals surface area contributed by atoms with Gasteiger partial charge in [0.1, 0.15) is 11.6 Å². The fraction of sp³-hybridized carbons (Fsp3) is 0.207. The molecule has 0 spiro atoms. The molecule has 1 N–H and O–H groups in total. The Hall–Kier alpha value is -4.39. The summed E-state index contributed by atoms with van der Waals surface area (Å²) in [6.07, 6.45) is 1.48. The molecule has 0 saturated carbocycles. The Kier molecular flexibility index (Phi) is 6.54. The van der Waals surface area contributed by atoms with Crippen LogP contribution in [0.5, 0.6) is 5.75 Å². The third-order valence-corrected chi connectivity index (χ3v) is 6.35. The quantitative estimate of drug-likeness (QED) is 0.393. The second kappa shape index (κ2) is 10.1. The number of amides is 2. The molecule has 0 bridgehead atoms. The fourth-order valence-electron chi connectivity index (χ4n) is 4.43. The van der Waals surface area contributed by atoms with E-state index in [0.717, 1.165) is 35.3 Å². The van der Waals surface area contributed by atoms with Crippen LogP contribution in [0.15, 0.2) is 78.9 Å². The van der Waals surface area contributed by atoms with Gasteiger partial charge in [0.25, 0.3) is 5.91 Å². The molecule has 0 radical (unpaired) electrons. The number of nitrogens with zero attached hydrogens (tertiary/aromatic N) is 3. The topological polar surface area (TPSA) is 76.5 Å². The number of aromatic nitrogens is 2. The summed E-state index contributed by atoms with van der Waals surface area (Å²) in [5, 5.41) is 7.85. The molecule has 0 unspecified atom stereocenters. The van der Waals surface area contributed by atoms with E-state index in [1.807, 2.05) is 84.6 Å². The molecule has 1 saturated heterocycles. The van der Waals surface area contributed by atoms with E-state index in [0.29, 0.717) is 35.8 Å². The van der Waals surface area contributed by atoms with Crippen LogP contribution in [0.4, 0.5) is 5.82 Å². The highest BCUT2D eigenvalue weighted by molar-refractivity contribution is 6.04. The predicted octanol–water partition coefficient (Wildman–Crippen LogP) is 5.23. The molecule has 2 heterocycles. The third kappa shape index (κ3) is 4.86. The van der Waals surface area contributed by atoms with E-state index in [1.165, 1.54) is 0 Å². The van der Waals surface area contributed by atoms with Gasteiger partial charge in [0.05, 0.1) is 18.5 Å². The highest BCUT2D eigenvalue weighted by Gasteiger charge is 2.21. The van der Waals surface area contributed by atoms with Crippen molar-refractivity contribution in [3.8, 4) is 22.7 Å². The van der Waals surface area contributed by atoms with Crippen molar-refractivity contribution in [1.29, 1.82) is 0 Å². The Morgan fingerprint density at radius 3 is 2.58 bits per heavy atom. The molecule has 1 aliphatic heterocycles. The van der Waals surface area contributed by atoms with Crippen LogP contribution in [-0.4, -0.2) is 40.1 Å². The van der Waals surface area contributed by atoms with Crippen LogP contribution < -0.4 is 10.1 Å². The van der Waals surface area contributed by atoms with Gasteiger partial charge in [0, 0.05) is 36.7 Å². The van der Waals surface area contributed by atoms with Gasteiger partial charge in [-0.3, -0.25) is 9.59 Å². The van der Waals surface area contributed by atoms with Crippen LogP contribution in [0.1, 0.15) is 34.3 Å². The minimum absolute atomic E-state index is 0.163. The number of carbonyl (C=O) groups is 2. The van der Waals surface area contributed by atoms with E-state index in [2.05, 4.69) is 5.32 Å². The highest BCUT2D eigenvalue weighted by Crippen LogP contribution is 2.32. The average Bonchev–Trinajstić information content (AvgIpc) is 3.50. The lowest BCUT2D eigenvalue weighted by Gasteiger charge is -2.16. The summed E-state index contributed by atoms with van der Waals surface area (Å²) in [5.74, 6) is 1.16. The first-order valence-corrected chi connectivity index (χ1v) is 12.0. The Morgan fingerprint density at radius 1 is 1.03 bits per heavy atom. The largest absolute Gasteiger partial charge is 0.496 e. The van der Waals surface area contributed by atoms with Crippen LogP contribution in [-0.2, 0) is 11.3 Å². The lowest BCUT2D eigenvalue weighted by Crippen LogP contribution is -2.24. The number of aryl methyl sites for hydroxylation is 1. The number of nitrogens with one attached hydrogen (secondary N) is 1. The van der Waals surface area contributed by atoms with Gasteiger partial charge in [-0.2, -0.15) is 5.10 Å². The van der Waals surface area contributed by atoms with Crippen LogP contribution >= 0.6 is 0 Å². The molecular weight excluding hydrogens is 452 g/mol. The van der Waals surface area contributed by atoms with Gasteiger partial charge in [-0.15, -0.1) is 0 Å². The van der Waals surface area contributed by atoms with E-state index in [9.17, 15) is 9.59 Å². The maximum atomic E-state index is 13.3. The summed E-state index contributed by atoms with van der Waals surface area (Å²) in [7, 11) is 1.63. The van der Waals surface area contributed by atoms with Crippen LogP contribution in [0.3, 0.4) is 0 Å². The smallest absolute Gasteiger partial charge is 0.256 e. The predicted molar refractivity (Wildman–Crippen MR) is 139 cm³/mol. The third-order valence-electron chi connectivity index (χ3n) is 6.35. The zero-order valence-electron chi connectivity index (χ0n) is 20.4. The number of para-hydroxylation sites is 1. The number of anilines is 1. The van der Waals surface area contributed by atoms with Gasteiger partial charge < -0.3 is 15.0 Å². The molecule has 1 aliphatic rings. The van der Waals surface area contributed by atoms with Crippen LogP contribution in [0, 0.1) is 6.92 Å². The van der Waals surface area contributed by atoms with Crippen molar-refractivity contribution in [2.24, 2.45) is 0 Å². The van der Waals surface area contributed by atoms with Gasteiger partial charge in [-0.1, -0.05) is 42.0 Å². The molecule has 4 aromatic rings. The van der Waals surface area contributed by atoms with Crippen molar-refractivity contribution in [3.63, 3.8) is 0 Å². The van der Waals surface area contributed by atoms with Crippen LogP contribution in [0.25, 0.3) is 16.9 Å². The molecule has 182 valence electrons. The second-order valence-electron chi connectivity index (χ2n) is 8.94. The first kappa shape index (κ1) is 23.4. The first-order valence-electron chi connectivity index (χ1n) is 12.0. The zero-order valence-corrected chi connectivity index (χ0v) is 20.4. The number of rotatable bonds is 7. The molecule has 1 aromatic heterocycles. The number of hydrogen-bond donors (Lipinski definition) is 1. The molecule has 36 heavy (non-hydrogen) atoms. The fourth-order valence-corrected chi connectivity index (χ4v) is 4.43. The molecule has 1 fully saturated rings. The Morgan fingerprint density at radius 2 is 1.83 bits per heavy atom. The molecule has 7 nitrogen and oxygen atoms in total. The summed E-state index contributed by atoms with van der Waals surface area (Å²) in [6.45, 7) is 3.30. The molecule has 0 atom stereocenters. The molecule has 0 aliphatic carbocycles. The van der Waals surface area contributed by atoms with Crippen molar-refractivity contribution in [2.75, 3.05) is 19.0 Å². The van der Waals surface area contributed by atoms with Crippen molar-refractivity contribution < 1.29 is 14.3 Å². The Labute approximate surface area is 210 Å². The Balaban J connectivity index is 1.46. The SMILES string of the molecule is COc1ccccc1-c1cc(NC(=O)c2cccc(CN3CCCC3=O)c2)n(-c2ccc(C)cc2)n1. The van der Waals surface area contributed by atoms with E-state index in [1.54, 1.807) is 17.9 Å². The lowest BCUT2D eigenvalue weighted by atomic mass is 10.1. The molecular formula is C29H28N4O3. The van der Waals surface area contributed by atoms with E-state index in [4.69, 9.17) is 9.84 Å². The normalized spacial score (nSPS) is 13.2. The van der Waals surface area contributed by atoms with Crippen molar-refractivity contribution in [1.82, 2.24) is 14.7 Å². The number of likely N-dealkylation sites (tertiary alicyclic amines) is 1. The number of carbonyl (C=O) groups excluding carboxylic acids is 2. The van der Waals surface area contributed by atoms with Crippen LogP contribution in [0.2, 0.25) is 0 Å². The number of hydrogen-bond acceptors (Lipinski definition) is 4. The summed E-state index contributed by atoms with van der Waals surface area (Å²) in [4.78, 5) is 27.2. The maximum Gasteiger partial charge on any atom is 0.256 e. The van der Waals surface area contributed by atoms with Gasteiger partial charge in [-0.05, 0) is 55.3 Å². The summed E-state index contributed by atoms with van der Waals surface area (Å²) in [5.41, 5.74) is 4.94. The first-order chi connectivity index (χ1) is 17.5. The summed E-state index contributed by atoms with van der Waals surface area (Å²) < 4.78 is 7.26. The molecule has 7 heteroatoms. The summed E-state index contributed by atoms with van der Waals surface area (Å²) >= 11 is 0. The number of benzene rings is 3. The van der Waals surface area contributed by atoms with Crippen molar-refractivity contribution >= 4 is 17.6 Å².